The molecule has 350 valence electrons. The van der Waals surface area contributed by atoms with E-state index in [1.807, 2.05) is 11.3 Å². The highest BCUT2D eigenvalue weighted by atomic mass is 32.1. The molecule has 15 aromatic rings. The van der Waals surface area contributed by atoms with Gasteiger partial charge < -0.3 is 9.47 Å². The third kappa shape index (κ3) is 7.23. The molecule has 0 aliphatic carbocycles. The van der Waals surface area contributed by atoms with Gasteiger partial charge in [-0.25, -0.2) is 0 Å². The largest absolute Gasteiger partial charge is 0.311 e. The predicted octanol–water partition coefficient (Wildman–Crippen LogP) is 20.7. The van der Waals surface area contributed by atoms with Gasteiger partial charge in [-0.1, -0.05) is 194 Å². The van der Waals surface area contributed by atoms with Gasteiger partial charge in [0.05, 0.1) is 11.0 Å². The van der Waals surface area contributed by atoms with Gasteiger partial charge in [0.15, 0.2) is 0 Å². The molecule has 0 bridgehead atoms. The van der Waals surface area contributed by atoms with Gasteiger partial charge >= 0.3 is 0 Å². The van der Waals surface area contributed by atoms with Crippen LogP contribution in [0.1, 0.15) is 0 Å². The lowest BCUT2D eigenvalue weighted by Gasteiger charge is -2.26. The maximum atomic E-state index is 2.41. The van der Waals surface area contributed by atoms with Crippen molar-refractivity contribution in [2.45, 2.75) is 0 Å². The molecule has 75 heavy (non-hydrogen) atoms. The van der Waals surface area contributed by atoms with E-state index >= 15 is 0 Å². The number of hydrogen-bond acceptors (Lipinski definition) is 2. The van der Waals surface area contributed by atoms with Crippen LogP contribution in [0.25, 0.3) is 124 Å². The van der Waals surface area contributed by atoms with Crippen LogP contribution < -0.4 is 4.90 Å². The van der Waals surface area contributed by atoms with E-state index in [1.165, 1.54) is 119 Å². The van der Waals surface area contributed by atoms with Gasteiger partial charge in [-0.15, -0.1) is 11.3 Å². The van der Waals surface area contributed by atoms with Gasteiger partial charge in [0, 0.05) is 53.7 Å². The molecule has 0 spiro atoms. The minimum absolute atomic E-state index is 1.09. The van der Waals surface area contributed by atoms with Crippen molar-refractivity contribution in [1.29, 1.82) is 0 Å². The molecule has 0 atom stereocenters. The second-order valence-electron chi connectivity index (χ2n) is 19.6. The fourth-order valence-corrected chi connectivity index (χ4v) is 12.9. The van der Waals surface area contributed by atoms with Crippen LogP contribution in [0.15, 0.2) is 279 Å². The van der Waals surface area contributed by atoms with Crippen molar-refractivity contribution >= 4 is 103 Å². The van der Waals surface area contributed by atoms with Gasteiger partial charge in [0.2, 0.25) is 0 Å². The highest BCUT2D eigenvalue weighted by Crippen LogP contribution is 2.44. The normalized spacial score (nSPS) is 11.7. The lowest BCUT2D eigenvalue weighted by atomic mass is 9.92. The number of aromatic nitrogens is 1. The molecule has 0 N–H and O–H groups in total. The van der Waals surface area contributed by atoms with Crippen molar-refractivity contribution in [2.75, 3.05) is 4.90 Å². The van der Waals surface area contributed by atoms with E-state index in [4.69, 9.17) is 0 Å². The Labute approximate surface area is 438 Å². The Hall–Kier alpha value is -9.54. The molecule has 2 aromatic heterocycles. The summed E-state index contributed by atoms with van der Waals surface area (Å²) in [5, 5.41) is 12.9. The Balaban J connectivity index is 0.772. The predicted molar refractivity (Wildman–Crippen MR) is 323 cm³/mol. The van der Waals surface area contributed by atoms with Crippen LogP contribution in [-0.4, -0.2) is 4.57 Å². The summed E-state index contributed by atoms with van der Waals surface area (Å²) in [6.07, 6.45) is 0. The van der Waals surface area contributed by atoms with Crippen LogP contribution in [0.2, 0.25) is 0 Å². The molecule has 0 aliphatic rings. The fourth-order valence-electron chi connectivity index (χ4n) is 11.8. The molecule has 0 unspecified atom stereocenters. The number of anilines is 3. The maximum absolute atomic E-state index is 2.41. The Bertz CT molecular complexity index is 4630. The molecule has 0 saturated heterocycles. The summed E-state index contributed by atoms with van der Waals surface area (Å²) in [6, 6.07) is 103. The lowest BCUT2D eigenvalue weighted by Crippen LogP contribution is -2.09. The minimum Gasteiger partial charge on any atom is -0.311 e. The van der Waals surface area contributed by atoms with Gasteiger partial charge in [-0.2, -0.15) is 0 Å². The summed E-state index contributed by atoms with van der Waals surface area (Å²) >= 11 is 1.86. The van der Waals surface area contributed by atoms with Gasteiger partial charge in [0.1, 0.15) is 0 Å². The Morgan fingerprint density at radius 3 is 1.32 bits per heavy atom. The van der Waals surface area contributed by atoms with E-state index in [1.54, 1.807) is 0 Å². The number of rotatable bonds is 8. The van der Waals surface area contributed by atoms with Crippen LogP contribution in [0.3, 0.4) is 0 Å². The van der Waals surface area contributed by atoms with Crippen molar-refractivity contribution in [3.63, 3.8) is 0 Å². The second-order valence-corrected chi connectivity index (χ2v) is 20.7. The first-order valence-electron chi connectivity index (χ1n) is 25.7. The van der Waals surface area contributed by atoms with Crippen molar-refractivity contribution in [1.82, 2.24) is 4.57 Å². The first kappa shape index (κ1) is 43.1. The van der Waals surface area contributed by atoms with Gasteiger partial charge in [-0.3, -0.25) is 0 Å². The molecule has 0 fully saturated rings. The fraction of sp³-hybridized carbons (Fsp3) is 0. The molecule has 2 nitrogen and oxygen atoms in total. The summed E-state index contributed by atoms with van der Waals surface area (Å²) in [6.45, 7) is 0. The van der Waals surface area contributed by atoms with Crippen molar-refractivity contribution in [3.05, 3.63) is 279 Å². The number of thiophene rings is 1. The summed E-state index contributed by atoms with van der Waals surface area (Å²) in [5.41, 5.74) is 16.4. The summed E-state index contributed by atoms with van der Waals surface area (Å²) in [5.74, 6) is 0. The Morgan fingerprint density at radius 2 is 0.680 bits per heavy atom. The molecule has 13 aromatic carbocycles. The standard InChI is InChI=1S/C72H46N2S/c1-2-13-47(14-3-1)48-25-35-54(36-26-48)73(56-41-31-51(32-42-56)58-21-12-24-71-72(58)65-20-9-11-23-70(65)75-71)55-37-27-50(28-38-55)53-34-44-69-67(46-53)64-19-8-10-22-68(64)74(69)57-39-29-49(30-40-57)52-33-43-63-61-17-5-4-15-59(61)60-16-6-7-18-62(60)66(63)45-52/h1-46H. The van der Waals surface area contributed by atoms with Crippen LogP contribution >= 0.6 is 11.3 Å². The van der Waals surface area contributed by atoms with Crippen LogP contribution in [0, 0.1) is 0 Å². The number of fused-ring (bicyclic) bond motifs is 12. The number of hydrogen-bond donors (Lipinski definition) is 0. The molecule has 0 aliphatic heterocycles. The highest BCUT2D eigenvalue weighted by Gasteiger charge is 2.18. The van der Waals surface area contributed by atoms with E-state index in [2.05, 4.69) is 289 Å². The average Bonchev–Trinajstić information content (AvgIpc) is 4.08. The van der Waals surface area contributed by atoms with E-state index < -0.39 is 0 Å². The van der Waals surface area contributed by atoms with E-state index in [0.29, 0.717) is 0 Å². The van der Waals surface area contributed by atoms with Crippen LogP contribution in [-0.2, 0) is 0 Å². The van der Waals surface area contributed by atoms with E-state index in [-0.39, 0.29) is 0 Å². The van der Waals surface area contributed by atoms with E-state index in [9.17, 15) is 0 Å². The zero-order valence-electron chi connectivity index (χ0n) is 40.9. The first-order chi connectivity index (χ1) is 37.2. The third-order valence-electron chi connectivity index (χ3n) is 15.4. The average molecular weight is 971 g/mol. The highest BCUT2D eigenvalue weighted by molar-refractivity contribution is 7.25. The zero-order valence-corrected chi connectivity index (χ0v) is 41.7. The molecular formula is C72H46N2S. The molecule has 0 saturated carbocycles. The Kier molecular flexibility index (Phi) is 10.1. The van der Waals surface area contributed by atoms with Gasteiger partial charge in [0.25, 0.3) is 0 Å². The summed E-state index contributed by atoms with van der Waals surface area (Å²) in [4.78, 5) is 2.37. The lowest BCUT2D eigenvalue weighted by molar-refractivity contribution is 1.18. The molecule has 15 rings (SSSR count). The van der Waals surface area contributed by atoms with E-state index in [0.717, 1.165) is 22.7 Å². The summed E-state index contributed by atoms with van der Waals surface area (Å²) in [7, 11) is 0. The SMILES string of the molecule is c1ccc(-c2ccc(N(c3ccc(-c4ccc5c(c4)c4ccccc4n5-c4ccc(-c5ccc6c7ccccc7c7ccccc7c6c5)cc4)cc3)c3ccc(-c4cccc5sc6ccccc6c45)cc3)cc2)cc1. The molecule has 3 heteroatoms. The molecule has 0 radical (unpaired) electrons. The first-order valence-corrected chi connectivity index (χ1v) is 26.5. The van der Waals surface area contributed by atoms with Crippen molar-refractivity contribution in [2.24, 2.45) is 0 Å². The Morgan fingerprint density at radius 1 is 0.253 bits per heavy atom. The monoisotopic (exact) mass is 970 g/mol. The molecular weight excluding hydrogens is 925 g/mol. The van der Waals surface area contributed by atoms with Crippen LogP contribution in [0.4, 0.5) is 17.1 Å². The number of nitrogens with zero attached hydrogens (tertiary/aromatic N) is 2. The van der Waals surface area contributed by atoms with Gasteiger partial charge in [-0.05, 0) is 162 Å². The second kappa shape index (κ2) is 17.6. The number of benzene rings is 13. The van der Waals surface area contributed by atoms with Crippen molar-refractivity contribution in [3.8, 4) is 50.2 Å². The molecule has 2 heterocycles. The number of para-hydroxylation sites is 1. The topological polar surface area (TPSA) is 8.17 Å². The third-order valence-corrected chi connectivity index (χ3v) is 16.5. The van der Waals surface area contributed by atoms with Crippen molar-refractivity contribution < 1.29 is 0 Å². The maximum Gasteiger partial charge on any atom is 0.0541 e. The van der Waals surface area contributed by atoms with Crippen LogP contribution in [0.5, 0.6) is 0 Å². The minimum atomic E-state index is 1.09. The molecule has 0 amide bonds. The zero-order chi connectivity index (χ0) is 49.4. The summed E-state index contributed by atoms with van der Waals surface area (Å²) < 4.78 is 5.05. The quantitative estimate of drug-likeness (QED) is 0.138. The smallest absolute Gasteiger partial charge is 0.0541 e.